The minimum atomic E-state index is -0.404. The summed E-state index contributed by atoms with van der Waals surface area (Å²) in [6.07, 6.45) is 1.94. The van der Waals surface area contributed by atoms with Gasteiger partial charge >= 0.3 is 0 Å². The fraction of sp³-hybridized carbons (Fsp3) is 0.556. The highest BCUT2D eigenvalue weighted by molar-refractivity contribution is 7.99. The van der Waals surface area contributed by atoms with Gasteiger partial charge in [-0.25, -0.2) is 0 Å². The number of nitrogens with one attached hydrogen (secondary N) is 1. The molecule has 2 rings (SSSR count). The van der Waals surface area contributed by atoms with Gasteiger partial charge in [-0.3, -0.25) is 14.5 Å². The van der Waals surface area contributed by atoms with E-state index in [4.69, 9.17) is 5.73 Å². The van der Waals surface area contributed by atoms with E-state index >= 15 is 0 Å². The molecule has 5 nitrogen and oxygen atoms in total. The molecule has 2 atom stereocenters. The van der Waals surface area contributed by atoms with Gasteiger partial charge in [-0.1, -0.05) is 26.0 Å². The number of rotatable bonds is 7. The van der Waals surface area contributed by atoms with Crippen molar-refractivity contribution in [3.63, 3.8) is 0 Å². The Morgan fingerprint density at radius 3 is 2.44 bits per heavy atom. The summed E-state index contributed by atoms with van der Waals surface area (Å²) in [5.41, 5.74) is 6.96. The van der Waals surface area contributed by atoms with Crippen LogP contribution in [0.3, 0.4) is 0 Å². The van der Waals surface area contributed by atoms with Crippen LogP contribution in [0.15, 0.2) is 24.3 Å². The molecule has 0 radical (unpaired) electrons. The van der Waals surface area contributed by atoms with Crippen molar-refractivity contribution in [3.8, 4) is 0 Å². The van der Waals surface area contributed by atoms with Crippen molar-refractivity contribution >= 4 is 36.0 Å². The minimum absolute atomic E-state index is 0. The first-order valence-electron chi connectivity index (χ1n) is 8.30. The number of benzene rings is 1. The lowest BCUT2D eigenvalue weighted by molar-refractivity contribution is -0.119. The van der Waals surface area contributed by atoms with E-state index in [0.29, 0.717) is 23.2 Å². The van der Waals surface area contributed by atoms with Gasteiger partial charge in [0.15, 0.2) is 0 Å². The van der Waals surface area contributed by atoms with Crippen LogP contribution in [-0.4, -0.2) is 47.9 Å². The van der Waals surface area contributed by atoms with E-state index in [2.05, 4.69) is 24.1 Å². The van der Waals surface area contributed by atoms with Crippen LogP contribution in [0.5, 0.6) is 0 Å². The smallest absolute Gasteiger partial charge is 0.248 e. The molecule has 2 amide bonds. The summed E-state index contributed by atoms with van der Waals surface area (Å²) in [5.74, 6) is 1.20. The van der Waals surface area contributed by atoms with Gasteiger partial charge in [0.05, 0.1) is 5.75 Å². The second-order valence-electron chi connectivity index (χ2n) is 6.77. The lowest BCUT2D eigenvalue weighted by Crippen LogP contribution is -2.42. The third-order valence-electron chi connectivity index (χ3n) is 4.56. The lowest BCUT2D eigenvalue weighted by Gasteiger charge is -2.22. The Hall–Kier alpha value is -1.24. The first-order chi connectivity index (χ1) is 11.4. The molecule has 25 heavy (non-hydrogen) atoms. The average Bonchev–Trinajstić information content (AvgIpc) is 2.90. The highest BCUT2D eigenvalue weighted by Crippen LogP contribution is 2.26. The van der Waals surface area contributed by atoms with E-state index in [1.54, 1.807) is 23.9 Å². The van der Waals surface area contributed by atoms with Crippen LogP contribution in [0.2, 0.25) is 0 Å². The molecular weight excluding hydrogens is 358 g/mol. The number of halogens is 1. The number of nitrogens with two attached hydrogens (primary N) is 1. The summed E-state index contributed by atoms with van der Waals surface area (Å²) in [5, 5.41) is 3.19. The van der Waals surface area contributed by atoms with Gasteiger partial charge in [-0.15, -0.1) is 12.4 Å². The molecule has 0 aliphatic carbocycles. The van der Waals surface area contributed by atoms with Crippen LogP contribution in [-0.2, 0) is 11.3 Å². The van der Waals surface area contributed by atoms with Crippen LogP contribution in [0.1, 0.15) is 29.8 Å². The molecule has 0 aromatic heterocycles. The summed E-state index contributed by atoms with van der Waals surface area (Å²) >= 11 is 1.55. The topological polar surface area (TPSA) is 75.4 Å². The summed E-state index contributed by atoms with van der Waals surface area (Å²) in [6.45, 7) is 7.07. The van der Waals surface area contributed by atoms with Gasteiger partial charge in [0.2, 0.25) is 11.8 Å². The quantitative estimate of drug-likeness (QED) is 0.754. The fourth-order valence-electron chi connectivity index (χ4n) is 3.28. The van der Waals surface area contributed by atoms with Crippen LogP contribution in [0.25, 0.3) is 0 Å². The summed E-state index contributed by atoms with van der Waals surface area (Å²) < 4.78 is 0. The summed E-state index contributed by atoms with van der Waals surface area (Å²) in [4.78, 5) is 25.5. The van der Waals surface area contributed by atoms with Crippen molar-refractivity contribution in [2.75, 3.05) is 25.1 Å². The molecule has 1 aliphatic heterocycles. The van der Waals surface area contributed by atoms with E-state index in [0.717, 1.165) is 25.2 Å². The molecule has 1 aromatic rings. The van der Waals surface area contributed by atoms with Crippen molar-refractivity contribution in [2.24, 2.45) is 17.6 Å². The third kappa shape index (κ3) is 6.20. The largest absolute Gasteiger partial charge is 0.366 e. The molecule has 3 N–H and O–H groups in total. The van der Waals surface area contributed by atoms with E-state index in [1.165, 1.54) is 0 Å². The zero-order valence-electron chi connectivity index (χ0n) is 15.0. The molecule has 1 fully saturated rings. The number of carbonyl (C=O) groups excluding carboxylic acids is 2. The Labute approximate surface area is 160 Å². The van der Waals surface area contributed by atoms with E-state index in [-0.39, 0.29) is 24.4 Å². The predicted octanol–water partition coefficient (Wildman–Crippen LogP) is 2.14. The van der Waals surface area contributed by atoms with E-state index < -0.39 is 5.91 Å². The molecule has 0 saturated carbocycles. The second kappa shape index (κ2) is 10.0. The average molecular weight is 386 g/mol. The van der Waals surface area contributed by atoms with Crippen molar-refractivity contribution < 1.29 is 9.59 Å². The van der Waals surface area contributed by atoms with Crippen molar-refractivity contribution in [2.45, 2.75) is 26.4 Å². The van der Waals surface area contributed by atoms with Gasteiger partial charge < -0.3 is 11.1 Å². The Morgan fingerprint density at radius 2 is 1.92 bits per heavy atom. The summed E-state index contributed by atoms with van der Waals surface area (Å²) in [6, 6.07) is 7.64. The number of hydrogen-bond donors (Lipinski definition) is 2. The lowest BCUT2D eigenvalue weighted by atomic mass is 9.91. The number of amides is 2. The van der Waals surface area contributed by atoms with E-state index in [1.807, 2.05) is 18.4 Å². The van der Waals surface area contributed by atoms with Crippen LogP contribution in [0.4, 0.5) is 0 Å². The van der Waals surface area contributed by atoms with Crippen molar-refractivity contribution in [1.82, 2.24) is 10.2 Å². The van der Waals surface area contributed by atoms with Crippen molar-refractivity contribution in [1.29, 1.82) is 0 Å². The first kappa shape index (κ1) is 21.8. The molecule has 1 aromatic carbocycles. The Morgan fingerprint density at radius 1 is 1.28 bits per heavy atom. The van der Waals surface area contributed by atoms with Crippen LogP contribution < -0.4 is 11.1 Å². The molecule has 7 heteroatoms. The molecular formula is C18H28ClN3O2S. The molecule has 0 spiro atoms. The Balaban J connectivity index is 0.00000312. The first-order valence-corrected chi connectivity index (χ1v) is 9.69. The maximum absolute atomic E-state index is 11.9. The monoisotopic (exact) mass is 385 g/mol. The molecule has 140 valence electrons. The number of carbonyl (C=O) groups is 2. The third-order valence-corrected chi connectivity index (χ3v) is 5.11. The maximum Gasteiger partial charge on any atom is 0.248 e. The normalized spacial score (nSPS) is 20.3. The standard InChI is InChI=1S/C18H27N3O2S.ClH/c1-12(2)15-9-21(10-16(15)20-17(22)11-24-3)8-13-4-6-14(7-5-13)18(19)23;/h4-7,12,15-16H,8-11H2,1-3H3,(H2,19,23)(H,20,22);1H/t15-,16+;/m1./s1. The number of hydrogen-bond acceptors (Lipinski definition) is 4. The van der Waals surface area contributed by atoms with Gasteiger partial charge in [-0.2, -0.15) is 11.8 Å². The highest BCUT2D eigenvalue weighted by Gasteiger charge is 2.35. The molecule has 1 saturated heterocycles. The second-order valence-corrected chi connectivity index (χ2v) is 7.64. The number of nitrogens with zero attached hydrogens (tertiary/aromatic N) is 1. The number of primary amides is 1. The molecule has 0 unspecified atom stereocenters. The number of thioether (sulfide) groups is 1. The predicted molar refractivity (Wildman–Crippen MR) is 106 cm³/mol. The highest BCUT2D eigenvalue weighted by atomic mass is 35.5. The zero-order valence-corrected chi connectivity index (χ0v) is 16.7. The zero-order chi connectivity index (χ0) is 17.7. The molecule has 0 bridgehead atoms. The summed E-state index contributed by atoms with van der Waals surface area (Å²) in [7, 11) is 0. The molecule has 1 aliphatic rings. The molecule has 1 heterocycles. The SMILES string of the molecule is CSCC(=O)N[C@H]1CN(Cc2ccc(C(N)=O)cc2)C[C@@H]1C(C)C.Cl. The Bertz CT molecular complexity index is 580. The Kier molecular flexibility index (Phi) is 8.76. The fourth-order valence-corrected chi connectivity index (χ4v) is 3.63. The van der Waals surface area contributed by atoms with Crippen LogP contribution in [0, 0.1) is 11.8 Å². The van der Waals surface area contributed by atoms with Gasteiger partial charge in [0, 0.05) is 31.2 Å². The van der Waals surface area contributed by atoms with Crippen molar-refractivity contribution in [3.05, 3.63) is 35.4 Å². The van der Waals surface area contributed by atoms with Gasteiger partial charge in [0.25, 0.3) is 0 Å². The number of likely N-dealkylation sites (tertiary alicyclic amines) is 1. The van der Waals surface area contributed by atoms with Gasteiger partial charge in [-0.05, 0) is 35.8 Å². The van der Waals surface area contributed by atoms with E-state index in [9.17, 15) is 9.59 Å². The van der Waals surface area contributed by atoms with Gasteiger partial charge in [0.1, 0.15) is 0 Å². The maximum atomic E-state index is 11.9. The van der Waals surface area contributed by atoms with Crippen LogP contribution >= 0.6 is 24.2 Å². The minimum Gasteiger partial charge on any atom is -0.366 e.